The molecular formula is C21H28N2O4S. The van der Waals surface area contributed by atoms with Crippen LogP contribution in [0.3, 0.4) is 0 Å². The van der Waals surface area contributed by atoms with Crippen LogP contribution in [0.4, 0.5) is 5.69 Å². The van der Waals surface area contributed by atoms with E-state index < -0.39 is 16.1 Å². The molecule has 0 bridgehead atoms. The minimum atomic E-state index is -3.64. The van der Waals surface area contributed by atoms with Crippen LogP contribution in [0.25, 0.3) is 0 Å². The first-order valence-corrected chi connectivity index (χ1v) is 11.0. The van der Waals surface area contributed by atoms with Gasteiger partial charge in [0.05, 0.1) is 18.6 Å². The zero-order valence-corrected chi connectivity index (χ0v) is 17.8. The first-order chi connectivity index (χ1) is 13.1. The summed E-state index contributed by atoms with van der Waals surface area (Å²) in [6.07, 6.45) is 1.11. The number of hydrogen-bond acceptors (Lipinski definition) is 4. The van der Waals surface area contributed by atoms with Gasteiger partial charge in [0.1, 0.15) is 11.8 Å². The zero-order valence-electron chi connectivity index (χ0n) is 17.0. The van der Waals surface area contributed by atoms with Gasteiger partial charge in [0.25, 0.3) is 0 Å². The van der Waals surface area contributed by atoms with Crippen LogP contribution in [0.2, 0.25) is 0 Å². The Morgan fingerprint density at radius 3 is 2.36 bits per heavy atom. The van der Waals surface area contributed by atoms with Crippen LogP contribution < -0.4 is 14.4 Å². The van der Waals surface area contributed by atoms with E-state index in [4.69, 9.17) is 4.74 Å². The number of benzene rings is 2. The Labute approximate surface area is 167 Å². The SMILES string of the molecule is CCOc1cccc(CNC(=O)[C@H](C)N(c2cc(C)cc(C)c2)S(C)(=O)=O)c1. The summed E-state index contributed by atoms with van der Waals surface area (Å²) in [4.78, 5) is 12.7. The van der Waals surface area contributed by atoms with Gasteiger partial charge in [-0.05, 0) is 68.7 Å². The first kappa shape index (κ1) is 21.8. The van der Waals surface area contributed by atoms with Gasteiger partial charge in [0, 0.05) is 6.54 Å². The number of hydrogen-bond donors (Lipinski definition) is 1. The molecule has 0 aliphatic rings. The second kappa shape index (κ2) is 9.10. The number of amides is 1. The van der Waals surface area contributed by atoms with E-state index in [2.05, 4.69) is 5.32 Å². The number of carbonyl (C=O) groups excluding carboxylic acids is 1. The smallest absolute Gasteiger partial charge is 0.243 e. The topological polar surface area (TPSA) is 75.7 Å². The second-order valence-electron chi connectivity index (χ2n) is 6.88. The quantitative estimate of drug-likeness (QED) is 0.733. The molecule has 1 N–H and O–H groups in total. The number of rotatable bonds is 8. The predicted octanol–water partition coefficient (Wildman–Crippen LogP) is 3.17. The van der Waals surface area contributed by atoms with E-state index in [-0.39, 0.29) is 12.5 Å². The van der Waals surface area contributed by atoms with Gasteiger partial charge in [-0.2, -0.15) is 0 Å². The fourth-order valence-corrected chi connectivity index (χ4v) is 4.29. The number of carbonyl (C=O) groups is 1. The Morgan fingerprint density at radius 2 is 1.79 bits per heavy atom. The molecule has 0 aliphatic heterocycles. The van der Waals surface area contributed by atoms with Crippen molar-refractivity contribution >= 4 is 21.6 Å². The lowest BCUT2D eigenvalue weighted by Gasteiger charge is -2.28. The van der Waals surface area contributed by atoms with Crippen LogP contribution in [0.15, 0.2) is 42.5 Å². The average molecular weight is 405 g/mol. The molecule has 6 nitrogen and oxygen atoms in total. The Hall–Kier alpha value is -2.54. The second-order valence-corrected chi connectivity index (χ2v) is 8.74. The van der Waals surface area contributed by atoms with Gasteiger partial charge in [-0.1, -0.05) is 18.2 Å². The average Bonchev–Trinajstić information content (AvgIpc) is 2.58. The van der Waals surface area contributed by atoms with Crippen LogP contribution in [-0.2, 0) is 21.4 Å². The summed E-state index contributed by atoms with van der Waals surface area (Å²) >= 11 is 0. The molecule has 2 aromatic carbocycles. The minimum Gasteiger partial charge on any atom is -0.494 e. The van der Waals surface area contributed by atoms with Crippen molar-refractivity contribution in [3.05, 3.63) is 59.2 Å². The third-order valence-electron chi connectivity index (χ3n) is 4.23. The molecule has 0 radical (unpaired) electrons. The number of sulfonamides is 1. The summed E-state index contributed by atoms with van der Waals surface area (Å²) in [6, 6.07) is 12.0. The maximum atomic E-state index is 12.7. The van der Waals surface area contributed by atoms with Crippen molar-refractivity contribution in [1.29, 1.82) is 0 Å². The number of aryl methyl sites for hydroxylation is 2. The predicted molar refractivity (Wildman–Crippen MR) is 112 cm³/mol. The van der Waals surface area contributed by atoms with E-state index in [1.807, 2.05) is 51.1 Å². The highest BCUT2D eigenvalue weighted by Crippen LogP contribution is 2.24. The fourth-order valence-electron chi connectivity index (χ4n) is 3.14. The Morgan fingerprint density at radius 1 is 1.14 bits per heavy atom. The number of ether oxygens (including phenoxy) is 1. The molecule has 2 rings (SSSR count). The van der Waals surface area contributed by atoms with Gasteiger partial charge >= 0.3 is 0 Å². The van der Waals surface area contributed by atoms with Crippen LogP contribution in [0.1, 0.15) is 30.5 Å². The van der Waals surface area contributed by atoms with Gasteiger partial charge in [-0.3, -0.25) is 9.10 Å². The molecule has 7 heteroatoms. The summed E-state index contributed by atoms with van der Waals surface area (Å²) in [5.41, 5.74) is 3.23. The molecule has 0 fully saturated rings. The number of nitrogens with one attached hydrogen (secondary N) is 1. The van der Waals surface area contributed by atoms with Gasteiger partial charge in [0.15, 0.2) is 0 Å². The molecule has 0 aliphatic carbocycles. The number of nitrogens with zero attached hydrogens (tertiary/aromatic N) is 1. The van der Waals surface area contributed by atoms with Crippen molar-refractivity contribution < 1.29 is 17.9 Å². The van der Waals surface area contributed by atoms with Gasteiger partial charge < -0.3 is 10.1 Å². The van der Waals surface area contributed by atoms with Crippen molar-refractivity contribution in [3.63, 3.8) is 0 Å². The third kappa shape index (κ3) is 5.73. The van der Waals surface area contributed by atoms with Crippen LogP contribution in [0.5, 0.6) is 5.75 Å². The van der Waals surface area contributed by atoms with E-state index in [0.29, 0.717) is 12.3 Å². The summed E-state index contributed by atoms with van der Waals surface area (Å²) in [5, 5.41) is 2.82. The van der Waals surface area contributed by atoms with E-state index >= 15 is 0 Å². The molecule has 0 saturated heterocycles. The zero-order chi connectivity index (χ0) is 20.9. The molecule has 152 valence electrons. The molecule has 0 spiro atoms. The van der Waals surface area contributed by atoms with Gasteiger partial charge in [-0.25, -0.2) is 8.42 Å². The maximum Gasteiger partial charge on any atom is 0.243 e. The molecular weight excluding hydrogens is 376 g/mol. The Kier molecular flexibility index (Phi) is 7.07. The van der Waals surface area contributed by atoms with Crippen molar-refractivity contribution in [2.75, 3.05) is 17.2 Å². The minimum absolute atomic E-state index is 0.286. The van der Waals surface area contributed by atoms with Crippen molar-refractivity contribution in [1.82, 2.24) is 5.32 Å². The Balaban J connectivity index is 2.19. The van der Waals surface area contributed by atoms with Crippen molar-refractivity contribution in [2.24, 2.45) is 0 Å². The molecule has 0 unspecified atom stereocenters. The maximum absolute atomic E-state index is 12.7. The largest absolute Gasteiger partial charge is 0.494 e. The van der Waals surface area contributed by atoms with Crippen molar-refractivity contribution in [3.8, 4) is 5.75 Å². The van der Waals surface area contributed by atoms with E-state index in [1.54, 1.807) is 19.1 Å². The standard InChI is InChI=1S/C21H28N2O4S/c1-6-27-20-9-7-8-18(13-20)14-22-21(24)17(4)23(28(5,25)26)19-11-15(2)10-16(3)12-19/h7-13,17H,6,14H2,1-5H3,(H,22,24)/t17-/m0/s1. The molecule has 1 amide bonds. The van der Waals surface area contributed by atoms with Gasteiger partial charge in [0.2, 0.25) is 15.9 Å². The highest BCUT2D eigenvalue weighted by Gasteiger charge is 2.29. The van der Waals surface area contributed by atoms with Crippen LogP contribution in [0, 0.1) is 13.8 Å². The van der Waals surface area contributed by atoms with Crippen LogP contribution in [-0.4, -0.2) is 33.2 Å². The third-order valence-corrected chi connectivity index (χ3v) is 5.47. The summed E-state index contributed by atoms with van der Waals surface area (Å²) in [5.74, 6) is 0.363. The highest BCUT2D eigenvalue weighted by atomic mass is 32.2. The monoisotopic (exact) mass is 404 g/mol. The van der Waals surface area contributed by atoms with E-state index in [9.17, 15) is 13.2 Å². The van der Waals surface area contributed by atoms with Gasteiger partial charge in [-0.15, -0.1) is 0 Å². The summed E-state index contributed by atoms with van der Waals surface area (Å²) in [6.45, 7) is 8.13. The summed E-state index contributed by atoms with van der Waals surface area (Å²) < 4.78 is 31.5. The molecule has 0 heterocycles. The lowest BCUT2D eigenvalue weighted by molar-refractivity contribution is -0.122. The number of anilines is 1. The lowest BCUT2D eigenvalue weighted by atomic mass is 10.1. The molecule has 28 heavy (non-hydrogen) atoms. The molecule has 0 aromatic heterocycles. The lowest BCUT2D eigenvalue weighted by Crippen LogP contribution is -2.47. The summed E-state index contributed by atoms with van der Waals surface area (Å²) in [7, 11) is -3.64. The molecule has 0 saturated carbocycles. The first-order valence-electron chi connectivity index (χ1n) is 9.19. The highest BCUT2D eigenvalue weighted by molar-refractivity contribution is 7.92. The molecule has 2 aromatic rings. The Bertz CT molecular complexity index is 921. The van der Waals surface area contributed by atoms with E-state index in [1.165, 1.54) is 4.31 Å². The normalized spacial score (nSPS) is 12.3. The van der Waals surface area contributed by atoms with E-state index in [0.717, 1.165) is 28.7 Å². The van der Waals surface area contributed by atoms with Crippen LogP contribution >= 0.6 is 0 Å². The van der Waals surface area contributed by atoms with Crippen molar-refractivity contribution in [2.45, 2.75) is 40.3 Å². The fraction of sp³-hybridized carbons (Fsp3) is 0.381. The molecule has 1 atom stereocenters.